The zero-order chi connectivity index (χ0) is 16.9. The topological polar surface area (TPSA) is 64.8 Å². The highest BCUT2D eigenvalue weighted by molar-refractivity contribution is 5.94. The van der Waals surface area contributed by atoms with Gasteiger partial charge in [-0.1, -0.05) is 0 Å². The van der Waals surface area contributed by atoms with Gasteiger partial charge in [-0.2, -0.15) is 0 Å². The monoisotopic (exact) mass is 368 g/mol. The van der Waals surface area contributed by atoms with Crippen LogP contribution in [0.3, 0.4) is 0 Å². The molecular weight excluding hydrogens is 340 g/mol. The quantitative estimate of drug-likeness (QED) is 0.867. The molecule has 0 aliphatic carbocycles. The summed E-state index contributed by atoms with van der Waals surface area (Å²) in [6.07, 6.45) is 4.51. The van der Waals surface area contributed by atoms with Gasteiger partial charge in [-0.15, -0.1) is 12.4 Å². The first-order valence-corrected chi connectivity index (χ1v) is 9.03. The third-order valence-electron chi connectivity index (χ3n) is 5.05. The highest BCUT2D eigenvalue weighted by atomic mass is 35.5. The van der Waals surface area contributed by atoms with Gasteiger partial charge in [0.25, 0.3) is 5.91 Å². The van der Waals surface area contributed by atoms with Crippen molar-refractivity contribution in [1.82, 2.24) is 4.90 Å². The minimum Gasteiger partial charge on any atom is -0.491 e. The zero-order valence-electron chi connectivity index (χ0n) is 14.9. The Morgan fingerprint density at radius 2 is 2.08 bits per heavy atom. The van der Waals surface area contributed by atoms with E-state index in [1.54, 1.807) is 0 Å². The van der Waals surface area contributed by atoms with E-state index in [1.165, 1.54) is 0 Å². The van der Waals surface area contributed by atoms with Crippen molar-refractivity contribution in [3.8, 4) is 5.75 Å². The van der Waals surface area contributed by atoms with Crippen molar-refractivity contribution in [3.05, 3.63) is 29.8 Å². The predicted octanol–water partition coefficient (Wildman–Crippen LogP) is 2.87. The summed E-state index contributed by atoms with van der Waals surface area (Å²) < 4.78 is 11.3. The molecule has 2 heterocycles. The van der Waals surface area contributed by atoms with Crippen LogP contribution in [0.5, 0.6) is 5.75 Å². The summed E-state index contributed by atoms with van der Waals surface area (Å²) in [7, 11) is 0. The first-order valence-electron chi connectivity index (χ1n) is 9.03. The van der Waals surface area contributed by atoms with E-state index in [0.717, 1.165) is 51.1 Å². The van der Waals surface area contributed by atoms with Crippen molar-refractivity contribution in [2.24, 2.45) is 11.7 Å². The number of nitrogens with zero attached hydrogens (tertiary/aromatic N) is 1. The molecule has 6 heteroatoms. The van der Waals surface area contributed by atoms with Gasteiger partial charge in [0.05, 0.1) is 6.10 Å². The average molecular weight is 369 g/mol. The molecule has 0 bridgehead atoms. The minimum absolute atomic E-state index is 0. The van der Waals surface area contributed by atoms with E-state index in [-0.39, 0.29) is 30.5 Å². The van der Waals surface area contributed by atoms with Gasteiger partial charge in [0.1, 0.15) is 12.4 Å². The molecule has 2 aliphatic rings. The summed E-state index contributed by atoms with van der Waals surface area (Å²) in [5, 5.41) is 0. The Morgan fingerprint density at radius 3 is 2.72 bits per heavy atom. The summed E-state index contributed by atoms with van der Waals surface area (Å²) in [5.74, 6) is 1.27. The number of carbonyl (C=O) groups excluding carboxylic acids is 1. The molecule has 2 aliphatic heterocycles. The summed E-state index contributed by atoms with van der Waals surface area (Å²) in [6, 6.07) is 7.57. The number of amides is 1. The Balaban J connectivity index is 0.00000225. The van der Waals surface area contributed by atoms with E-state index in [4.69, 9.17) is 15.2 Å². The molecule has 0 spiro atoms. The van der Waals surface area contributed by atoms with Crippen LogP contribution in [0.25, 0.3) is 0 Å². The lowest BCUT2D eigenvalue weighted by Gasteiger charge is -2.34. The number of ether oxygens (including phenoxy) is 2. The van der Waals surface area contributed by atoms with Crippen LogP contribution in [0.15, 0.2) is 24.3 Å². The molecule has 0 saturated carbocycles. The molecule has 1 amide bonds. The second-order valence-electron chi connectivity index (χ2n) is 6.98. The van der Waals surface area contributed by atoms with Crippen molar-refractivity contribution in [2.45, 2.75) is 44.8 Å². The molecule has 5 nitrogen and oxygen atoms in total. The lowest BCUT2D eigenvalue weighted by molar-refractivity contribution is 0.0657. The van der Waals surface area contributed by atoms with Crippen molar-refractivity contribution >= 4 is 18.3 Å². The lowest BCUT2D eigenvalue weighted by atomic mass is 9.92. The number of nitrogens with two attached hydrogens (primary N) is 1. The van der Waals surface area contributed by atoms with Crippen LogP contribution >= 0.6 is 12.4 Å². The van der Waals surface area contributed by atoms with Crippen LogP contribution in [-0.2, 0) is 4.74 Å². The third kappa shape index (κ3) is 5.33. The van der Waals surface area contributed by atoms with Crippen molar-refractivity contribution in [2.75, 3.05) is 26.3 Å². The highest BCUT2D eigenvalue weighted by Crippen LogP contribution is 2.22. The molecule has 3 unspecified atom stereocenters. The summed E-state index contributed by atoms with van der Waals surface area (Å²) in [6.45, 7) is 5.02. The minimum atomic E-state index is 0. The molecule has 140 valence electrons. The van der Waals surface area contributed by atoms with Crippen LogP contribution in [0, 0.1) is 5.92 Å². The lowest BCUT2D eigenvalue weighted by Crippen LogP contribution is -2.45. The molecule has 0 radical (unpaired) electrons. The summed E-state index contributed by atoms with van der Waals surface area (Å²) >= 11 is 0. The predicted molar refractivity (Wildman–Crippen MR) is 100 cm³/mol. The van der Waals surface area contributed by atoms with Gasteiger partial charge in [0.2, 0.25) is 0 Å². The Bertz CT molecular complexity index is 544. The third-order valence-corrected chi connectivity index (χ3v) is 5.05. The molecule has 2 fully saturated rings. The molecule has 25 heavy (non-hydrogen) atoms. The largest absolute Gasteiger partial charge is 0.491 e. The number of hydrogen-bond acceptors (Lipinski definition) is 4. The number of hydrogen-bond donors (Lipinski definition) is 1. The highest BCUT2D eigenvalue weighted by Gasteiger charge is 2.26. The van der Waals surface area contributed by atoms with Crippen molar-refractivity contribution in [3.63, 3.8) is 0 Å². The van der Waals surface area contributed by atoms with Gasteiger partial charge in [-0.3, -0.25) is 4.79 Å². The van der Waals surface area contributed by atoms with Gasteiger partial charge < -0.3 is 20.1 Å². The number of benzene rings is 1. The maximum Gasteiger partial charge on any atom is 0.253 e. The van der Waals surface area contributed by atoms with E-state index >= 15 is 0 Å². The maximum absolute atomic E-state index is 12.7. The van der Waals surface area contributed by atoms with Crippen LogP contribution in [-0.4, -0.2) is 49.3 Å². The second-order valence-corrected chi connectivity index (χ2v) is 6.98. The molecular formula is C19H29ClN2O3. The normalized spacial score (nSPS) is 24.5. The standard InChI is InChI=1S/C19H28N2O3.ClH/c1-14(20)16-4-2-10-21(12-16)19(22)15-6-8-17(9-7-15)24-13-18-5-3-11-23-18;/h6-9,14,16,18H,2-5,10-13,20H2,1H3;1H. The van der Waals surface area contributed by atoms with E-state index < -0.39 is 0 Å². The molecule has 1 aromatic carbocycles. The fourth-order valence-electron chi connectivity index (χ4n) is 3.46. The van der Waals surface area contributed by atoms with E-state index in [9.17, 15) is 4.79 Å². The van der Waals surface area contributed by atoms with Crippen LogP contribution in [0.4, 0.5) is 0 Å². The summed E-state index contributed by atoms with van der Waals surface area (Å²) in [4.78, 5) is 14.6. The van der Waals surface area contributed by atoms with Gasteiger partial charge in [0.15, 0.2) is 0 Å². The van der Waals surface area contributed by atoms with E-state index in [2.05, 4.69) is 0 Å². The maximum atomic E-state index is 12.7. The van der Waals surface area contributed by atoms with Crippen LogP contribution in [0.2, 0.25) is 0 Å². The van der Waals surface area contributed by atoms with Crippen molar-refractivity contribution < 1.29 is 14.3 Å². The molecule has 3 rings (SSSR count). The van der Waals surface area contributed by atoms with E-state index in [0.29, 0.717) is 18.1 Å². The Morgan fingerprint density at radius 1 is 1.32 bits per heavy atom. The summed E-state index contributed by atoms with van der Waals surface area (Å²) in [5.41, 5.74) is 6.72. The molecule has 2 saturated heterocycles. The van der Waals surface area contributed by atoms with E-state index in [1.807, 2.05) is 36.1 Å². The van der Waals surface area contributed by atoms with Gasteiger partial charge in [0, 0.05) is 31.3 Å². The molecule has 0 aromatic heterocycles. The molecule has 3 atom stereocenters. The fraction of sp³-hybridized carbons (Fsp3) is 0.632. The number of halogens is 1. The first kappa shape index (κ1) is 20.0. The Hall–Kier alpha value is -1.30. The van der Waals surface area contributed by atoms with Crippen molar-refractivity contribution in [1.29, 1.82) is 0 Å². The van der Waals surface area contributed by atoms with Crippen LogP contribution in [0.1, 0.15) is 43.0 Å². The number of rotatable bonds is 5. The Labute approximate surface area is 156 Å². The SMILES string of the molecule is CC(N)C1CCCN(C(=O)c2ccc(OCC3CCCO3)cc2)C1.Cl. The fourth-order valence-corrected chi connectivity index (χ4v) is 3.46. The number of likely N-dealkylation sites (tertiary alicyclic amines) is 1. The van der Waals surface area contributed by atoms with Gasteiger partial charge >= 0.3 is 0 Å². The number of carbonyl (C=O) groups is 1. The number of piperidine rings is 1. The first-order chi connectivity index (χ1) is 11.6. The zero-order valence-corrected chi connectivity index (χ0v) is 15.7. The van der Waals surface area contributed by atoms with Gasteiger partial charge in [-0.25, -0.2) is 0 Å². The van der Waals surface area contributed by atoms with Crippen LogP contribution < -0.4 is 10.5 Å². The smallest absolute Gasteiger partial charge is 0.253 e. The molecule has 1 aromatic rings. The molecule has 2 N–H and O–H groups in total. The van der Waals surface area contributed by atoms with Gasteiger partial charge in [-0.05, 0) is 62.8 Å². The Kier molecular flexibility index (Phi) is 7.54. The average Bonchev–Trinajstić information content (AvgIpc) is 3.13. The second kappa shape index (κ2) is 9.41.